The molecule has 0 radical (unpaired) electrons. The number of hydrogen-bond donors (Lipinski definition) is 0. The van der Waals surface area contributed by atoms with E-state index >= 15 is 0 Å². The molecular formula is C13H13ClOS. The van der Waals surface area contributed by atoms with Crippen LogP contribution in [-0.2, 0) is 4.79 Å². The Hall–Kier alpha value is -0.910. The Labute approximate surface area is 106 Å². The van der Waals surface area contributed by atoms with Crippen LogP contribution in [0.1, 0.15) is 19.3 Å². The van der Waals surface area contributed by atoms with Crippen LogP contribution < -0.4 is 0 Å². The zero-order chi connectivity index (χ0) is 11.8. The topological polar surface area (TPSA) is 17.1 Å². The Balaban J connectivity index is 2.29. The Morgan fingerprint density at radius 3 is 3.00 bits per heavy atom. The van der Waals surface area contributed by atoms with E-state index in [1.165, 1.54) is 11.8 Å². The number of rotatable bonds is 6. The molecule has 0 saturated heterocycles. The highest BCUT2D eigenvalue weighted by molar-refractivity contribution is 8.00. The largest absolute Gasteiger partial charge is 0.299 e. The maximum absolute atomic E-state index is 11.5. The first-order valence-corrected chi connectivity index (χ1v) is 6.42. The second-order valence-electron chi connectivity index (χ2n) is 3.34. The van der Waals surface area contributed by atoms with Gasteiger partial charge in [0, 0.05) is 22.8 Å². The van der Waals surface area contributed by atoms with Crippen molar-refractivity contribution in [3.63, 3.8) is 0 Å². The van der Waals surface area contributed by atoms with E-state index in [1.807, 2.05) is 24.3 Å². The smallest absolute Gasteiger partial charge is 0.143 e. The van der Waals surface area contributed by atoms with E-state index in [2.05, 4.69) is 5.92 Å². The summed E-state index contributed by atoms with van der Waals surface area (Å²) in [6.45, 7) is 0. The molecule has 84 valence electrons. The zero-order valence-corrected chi connectivity index (χ0v) is 10.5. The number of terminal acetylenes is 1. The predicted molar refractivity (Wildman–Crippen MR) is 69.9 cm³/mol. The van der Waals surface area contributed by atoms with Gasteiger partial charge in [0.1, 0.15) is 5.78 Å². The standard InChI is InChI=1S/C13H13ClOS/c1-2-3-4-7-12(15)10-16-13-8-5-6-11(14)9-13/h1,5-6,8-9H,3-4,7,10H2. The SMILES string of the molecule is C#CCCCC(=O)CSc1cccc(Cl)c1. The molecule has 0 aliphatic heterocycles. The number of unbranched alkanes of at least 4 members (excludes halogenated alkanes) is 1. The van der Waals surface area contributed by atoms with Crippen molar-refractivity contribution in [2.45, 2.75) is 24.2 Å². The van der Waals surface area contributed by atoms with Gasteiger partial charge in [-0.1, -0.05) is 17.7 Å². The molecule has 1 nitrogen and oxygen atoms in total. The number of thioether (sulfide) groups is 1. The van der Waals surface area contributed by atoms with Gasteiger partial charge < -0.3 is 0 Å². The summed E-state index contributed by atoms with van der Waals surface area (Å²) in [6.07, 6.45) is 7.14. The Kier molecular flexibility index (Phi) is 6.07. The molecule has 0 atom stereocenters. The molecule has 3 heteroatoms. The van der Waals surface area contributed by atoms with Crippen molar-refractivity contribution in [1.29, 1.82) is 0 Å². The van der Waals surface area contributed by atoms with Gasteiger partial charge in [0.25, 0.3) is 0 Å². The van der Waals surface area contributed by atoms with Crippen molar-refractivity contribution in [3.05, 3.63) is 29.3 Å². The van der Waals surface area contributed by atoms with Gasteiger partial charge in [-0.25, -0.2) is 0 Å². The summed E-state index contributed by atoms with van der Waals surface area (Å²) in [4.78, 5) is 12.5. The van der Waals surface area contributed by atoms with E-state index in [1.54, 1.807) is 0 Å². The van der Waals surface area contributed by atoms with Crippen LogP contribution in [0.3, 0.4) is 0 Å². The van der Waals surface area contributed by atoms with E-state index < -0.39 is 0 Å². The first kappa shape index (κ1) is 13.2. The van der Waals surface area contributed by atoms with Crippen molar-refractivity contribution in [2.75, 3.05) is 5.75 Å². The molecule has 0 N–H and O–H groups in total. The molecule has 0 heterocycles. The van der Waals surface area contributed by atoms with Crippen molar-refractivity contribution >= 4 is 29.1 Å². The monoisotopic (exact) mass is 252 g/mol. The van der Waals surface area contributed by atoms with Crippen LogP contribution in [0.4, 0.5) is 0 Å². The minimum Gasteiger partial charge on any atom is -0.299 e. The van der Waals surface area contributed by atoms with Crippen molar-refractivity contribution in [1.82, 2.24) is 0 Å². The predicted octanol–water partition coefficient (Wildman–Crippen LogP) is 3.80. The van der Waals surface area contributed by atoms with Crippen molar-refractivity contribution in [3.8, 4) is 12.3 Å². The molecule has 1 aromatic rings. The lowest BCUT2D eigenvalue weighted by atomic mass is 10.2. The molecular weight excluding hydrogens is 240 g/mol. The Bertz CT molecular complexity index is 395. The number of hydrogen-bond acceptors (Lipinski definition) is 2. The summed E-state index contributed by atoms with van der Waals surface area (Å²) in [5.74, 6) is 3.26. The van der Waals surface area contributed by atoms with Gasteiger partial charge in [-0.05, 0) is 24.6 Å². The third kappa shape index (κ3) is 5.25. The normalized spacial score (nSPS) is 9.75. The quantitative estimate of drug-likeness (QED) is 0.435. The highest BCUT2D eigenvalue weighted by atomic mass is 35.5. The van der Waals surface area contributed by atoms with Crippen LogP contribution in [0.5, 0.6) is 0 Å². The van der Waals surface area contributed by atoms with Gasteiger partial charge >= 0.3 is 0 Å². The van der Waals surface area contributed by atoms with Crippen LogP contribution in [0.15, 0.2) is 29.2 Å². The van der Waals surface area contributed by atoms with Crippen LogP contribution in [0, 0.1) is 12.3 Å². The molecule has 1 rings (SSSR count). The summed E-state index contributed by atoms with van der Waals surface area (Å²) >= 11 is 7.36. The molecule has 0 saturated carbocycles. The summed E-state index contributed by atoms with van der Waals surface area (Å²) in [5.41, 5.74) is 0. The Morgan fingerprint density at radius 1 is 1.50 bits per heavy atom. The molecule has 0 bridgehead atoms. The lowest BCUT2D eigenvalue weighted by Crippen LogP contribution is -2.00. The second-order valence-corrected chi connectivity index (χ2v) is 4.83. The fourth-order valence-corrected chi connectivity index (χ4v) is 2.29. The lowest BCUT2D eigenvalue weighted by Gasteiger charge is -2.01. The van der Waals surface area contributed by atoms with Crippen LogP contribution >= 0.6 is 23.4 Å². The minimum atomic E-state index is 0.236. The van der Waals surface area contributed by atoms with Gasteiger partial charge in [-0.15, -0.1) is 24.1 Å². The van der Waals surface area contributed by atoms with Gasteiger partial charge in [0.15, 0.2) is 0 Å². The van der Waals surface area contributed by atoms with E-state index in [4.69, 9.17) is 18.0 Å². The zero-order valence-electron chi connectivity index (χ0n) is 8.91. The van der Waals surface area contributed by atoms with Crippen molar-refractivity contribution in [2.24, 2.45) is 0 Å². The van der Waals surface area contributed by atoms with Crippen LogP contribution in [-0.4, -0.2) is 11.5 Å². The Morgan fingerprint density at radius 2 is 2.31 bits per heavy atom. The maximum Gasteiger partial charge on any atom is 0.143 e. The lowest BCUT2D eigenvalue weighted by molar-refractivity contribution is -0.116. The molecule has 0 aliphatic carbocycles. The van der Waals surface area contributed by atoms with Crippen molar-refractivity contribution < 1.29 is 4.79 Å². The molecule has 0 amide bonds. The van der Waals surface area contributed by atoms with Gasteiger partial charge in [-0.3, -0.25) is 4.79 Å². The average Bonchev–Trinajstić information content (AvgIpc) is 2.27. The molecule has 0 unspecified atom stereocenters. The summed E-state index contributed by atoms with van der Waals surface area (Å²) in [7, 11) is 0. The highest BCUT2D eigenvalue weighted by Crippen LogP contribution is 2.21. The summed E-state index contributed by atoms with van der Waals surface area (Å²) < 4.78 is 0. The minimum absolute atomic E-state index is 0.236. The third-order valence-electron chi connectivity index (χ3n) is 1.97. The average molecular weight is 253 g/mol. The van der Waals surface area contributed by atoms with Gasteiger partial charge in [0.2, 0.25) is 0 Å². The number of halogens is 1. The first-order valence-electron chi connectivity index (χ1n) is 5.06. The van der Waals surface area contributed by atoms with E-state index in [-0.39, 0.29) is 5.78 Å². The van der Waals surface area contributed by atoms with E-state index in [0.29, 0.717) is 23.6 Å². The van der Waals surface area contributed by atoms with Gasteiger partial charge in [0.05, 0.1) is 5.75 Å². The molecule has 0 fully saturated rings. The molecule has 1 aromatic carbocycles. The number of Topliss-reactive ketones (excluding diaryl/α,β-unsaturated/α-hetero) is 1. The van der Waals surface area contributed by atoms with Crippen LogP contribution in [0.2, 0.25) is 5.02 Å². The number of carbonyl (C=O) groups excluding carboxylic acids is 1. The maximum atomic E-state index is 11.5. The molecule has 0 aromatic heterocycles. The number of benzene rings is 1. The second kappa shape index (κ2) is 7.38. The fraction of sp³-hybridized carbons (Fsp3) is 0.308. The molecule has 16 heavy (non-hydrogen) atoms. The summed E-state index contributed by atoms with van der Waals surface area (Å²) in [5, 5.41) is 0.699. The highest BCUT2D eigenvalue weighted by Gasteiger charge is 2.03. The van der Waals surface area contributed by atoms with Crippen LogP contribution in [0.25, 0.3) is 0 Å². The number of carbonyl (C=O) groups is 1. The van der Waals surface area contributed by atoms with E-state index in [0.717, 1.165) is 11.3 Å². The molecule has 0 aliphatic rings. The van der Waals surface area contributed by atoms with Gasteiger partial charge in [-0.2, -0.15) is 0 Å². The third-order valence-corrected chi connectivity index (χ3v) is 3.26. The first-order chi connectivity index (χ1) is 7.72. The van der Waals surface area contributed by atoms with E-state index in [9.17, 15) is 4.79 Å². The summed E-state index contributed by atoms with van der Waals surface area (Å²) in [6, 6.07) is 7.51. The molecule has 0 spiro atoms. The number of ketones is 1. The fourth-order valence-electron chi connectivity index (χ4n) is 1.18.